The molecule has 0 unspecified atom stereocenters. The first-order valence-electron chi connectivity index (χ1n) is 10.8. The number of primary amides is 1. The van der Waals surface area contributed by atoms with E-state index in [1.54, 1.807) is 32.7 Å². The number of hydrogen-bond donors (Lipinski definition) is 1. The highest BCUT2D eigenvalue weighted by molar-refractivity contribution is 5.96. The van der Waals surface area contributed by atoms with Gasteiger partial charge >= 0.3 is 6.18 Å². The van der Waals surface area contributed by atoms with Crippen molar-refractivity contribution in [3.63, 3.8) is 0 Å². The number of ether oxygens (including phenoxy) is 1. The van der Waals surface area contributed by atoms with E-state index in [9.17, 15) is 22.8 Å². The SMILES string of the molecule is NC(=O)c1ccc2nnn(CCOCCC(=O)N3CCN(c4cnc(C(F)(F)F)cn4)CC3)c2c1. The Morgan fingerprint density at radius 1 is 1.06 bits per heavy atom. The molecular weight excluding hydrogens is 469 g/mol. The molecular formula is C21H23F3N8O3. The first kappa shape index (κ1) is 24.3. The fourth-order valence-corrected chi connectivity index (χ4v) is 3.67. The Bertz CT molecular complexity index is 1190. The van der Waals surface area contributed by atoms with E-state index >= 15 is 0 Å². The number of carbonyl (C=O) groups excluding carboxylic acids is 2. The first-order valence-corrected chi connectivity index (χ1v) is 10.8. The summed E-state index contributed by atoms with van der Waals surface area (Å²) in [5, 5.41) is 8.07. The largest absolute Gasteiger partial charge is 0.434 e. The summed E-state index contributed by atoms with van der Waals surface area (Å²) >= 11 is 0. The van der Waals surface area contributed by atoms with Crippen molar-refractivity contribution in [1.82, 2.24) is 29.9 Å². The number of hydrogen-bond acceptors (Lipinski definition) is 8. The third-order valence-corrected chi connectivity index (χ3v) is 5.59. The lowest BCUT2D eigenvalue weighted by Crippen LogP contribution is -2.49. The summed E-state index contributed by atoms with van der Waals surface area (Å²) < 4.78 is 45.1. The van der Waals surface area contributed by atoms with Gasteiger partial charge in [0, 0.05) is 31.7 Å². The summed E-state index contributed by atoms with van der Waals surface area (Å²) in [6.07, 6.45) is -2.52. The van der Waals surface area contributed by atoms with Crippen molar-refractivity contribution in [2.75, 3.05) is 44.3 Å². The number of nitrogens with two attached hydrogens (primary N) is 1. The smallest absolute Gasteiger partial charge is 0.379 e. The molecule has 1 fully saturated rings. The fraction of sp³-hybridized carbons (Fsp3) is 0.429. The molecule has 186 valence electrons. The van der Waals surface area contributed by atoms with E-state index in [0.717, 1.165) is 6.20 Å². The Kier molecular flexibility index (Phi) is 7.10. The summed E-state index contributed by atoms with van der Waals surface area (Å²) in [4.78, 5) is 34.6. The quantitative estimate of drug-likeness (QED) is 0.462. The molecule has 1 aromatic carbocycles. The number of fused-ring (bicyclic) bond motifs is 1. The second-order valence-corrected chi connectivity index (χ2v) is 7.87. The van der Waals surface area contributed by atoms with Crippen LogP contribution < -0.4 is 10.6 Å². The molecule has 14 heteroatoms. The van der Waals surface area contributed by atoms with Gasteiger partial charge in [-0.2, -0.15) is 13.2 Å². The van der Waals surface area contributed by atoms with E-state index in [1.807, 2.05) is 0 Å². The van der Waals surface area contributed by atoms with Crippen LogP contribution in [0.3, 0.4) is 0 Å². The second-order valence-electron chi connectivity index (χ2n) is 7.87. The number of piperazine rings is 1. The van der Waals surface area contributed by atoms with Gasteiger partial charge in [0.1, 0.15) is 11.3 Å². The van der Waals surface area contributed by atoms with Gasteiger partial charge in [-0.15, -0.1) is 5.10 Å². The zero-order valence-corrected chi connectivity index (χ0v) is 18.6. The molecule has 2 N–H and O–H groups in total. The Labute approximate surface area is 197 Å². The number of halogens is 3. The molecule has 1 aliphatic rings. The predicted octanol–water partition coefficient (Wildman–Crippen LogP) is 1.09. The maximum Gasteiger partial charge on any atom is 0.434 e. The van der Waals surface area contributed by atoms with Crippen LogP contribution in [0.4, 0.5) is 19.0 Å². The summed E-state index contributed by atoms with van der Waals surface area (Å²) in [5.74, 6) is -0.264. The summed E-state index contributed by atoms with van der Waals surface area (Å²) in [5.41, 5.74) is 5.93. The van der Waals surface area contributed by atoms with Crippen LogP contribution in [0.1, 0.15) is 22.5 Å². The standard InChI is InChI=1S/C21H23F3N8O3/c22-21(23,24)17-12-27-18(13-26-17)30-4-6-31(7-5-30)19(33)3-9-35-10-8-32-16-11-14(20(25)34)1-2-15(16)28-29-32/h1-2,11-13H,3-10H2,(H2,25,34). The summed E-state index contributed by atoms with van der Waals surface area (Å²) in [7, 11) is 0. The molecule has 4 rings (SSSR count). The van der Waals surface area contributed by atoms with Gasteiger partial charge in [0.25, 0.3) is 0 Å². The van der Waals surface area contributed by atoms with Gasteiger partial charge in [-0.3, -0.25) is 9.59 Å². The first-order chi connectivity index (χ1) is 16.7. The van der Waals surface area contributed by atoms with Gasteiger partial charge in [-0.1, -0.05) is 5.21 Å². The Hall–Kier alpha value is -3.81. The second kappa shape index (κ2) is 10.2. The molecule has 35 heavy (non-hydrogen) atoms. The van der Waals surface area contributed by atoms with Crippen LogP contribution in [0.15, 0.2) is 30.6 Å². The van der Waals surface area contributed by atoms with Crippen molar-refractivity contribution in [3.8, 4) is 0 Å². The molecule has 3 heterocycles. The van der Waals surface area contributed by atoms with Crippen LogP contribution >= 0.6 is 0 Å². The van der Waals surface area contributed by atoms with Gasteiger partial charge in [0.05, 0.1) is 44.1 Å². The van der Waals surface area contributed by atoms with Crippen molar-refractivity contribution in [2.45, 2.75) is 19.1 Å². The van der Waals surface area contributed by atoms with Crippen LogP contribution in [-0.4, -0.2) is 81.1 Å². The Balaban J connectivity index is 1.18. The zero-order chi connectivity index (χ0) is 25.0. The van der Waals surface area contributed by atoms with Gasteiger partial charge in [0.15, 0.2) is 5.69 Å². The number of aromatic nitrogens is 5. The molecule has 0 atom stereocenters. The van der Waals surface area contributed by atoms with Crippen LogP contribution in [0, 0.1) is 0 Å². The highest BCUT2D eigenvalue weighted by atomic mass is 19.4. The normalized spacial score (nSPS) is 14.5. The molecule has 0 bridgehead atoms. The van der Waals surface area contributed by atoms with E-state index < -0.39 is 17.8 Å². The lowest BCUT2D eigenvalue weighted by atomic mass is 10.2. The Morgan fingerprint density at radius 3 is 2.49 bits per heavy atom. The average molecular weight is 492 g/mol. The Morgan fingerprint density at radius 2 is 1.83 bits per heavy atom. The number of rotatable bonds is 8. The topological polar surface area (TPSA) is 132 Å². The fourth-order valence-electron chi connectivity index (χ4n) is 3.67. The number of amides is 2. The van der Waals surface area contributed by atoms with Gasteiger partial charge < -0.3 is 20.3 Å². The number of anilines is 1. The lowest BCUT2D eigenvalue weighted by Gasteiger charge is -2.35. The van der Waals surface area contributed by atoms with Crippen molar-refractivity contribution in [1.29, 1.82) is 0 Å². The monoisotopic (exact) mass is 492 g/mol. The molecule has 2 amide bonds. The molecule has 3 aromatic rings. The van der Waals surface area contributed by atoms with E-state index in [-0.39, 0.29) is 18.9 Å². The van der Waals surface area contributed by atoms with E-state index in [4.69, 9.17) is 10.5 Å². The maximum atomic E-state index is 12.6. The van der Waals surface area contributed by atoms with Crippen molar-refractivity contribution in [2.24, 2.45) is 5.73 Å². The van der Waals surface area contributed by atoms with E-state index in [0.29, 0.717) is 67.9 Å². The summed E-state index contributed by atoms with van der Waals surface area (Å²) in [6.45, 7) is 2.65. The molecule has 0 radical (unpaired) electrons. The molecule has 0 spiro atoms. The van der Waals surface area contributed by atoms with Crippen LogP contribution in [0.2, 0.25) is 0 Å². The minimum absolute atomic E-state index is 0.0690. The van der Waals surface area contributed by atoms with Crippen LogP contribution in [-0.2, 0) is 22.3 Å². The van der Waals surface area contributed by atoms with Crippen LogP contribution in [0.25, 0.3) is 11.0 Å². The average Bonchev–Trinajstić information content (AvgIpc) is 3.25. The molecule has 1 aliphatic heterocycles. The maximum absolute atomic E-state index is 12.6. The minimum Gasteiger partial charge on any atom is -0.379 e. The van der Waals surface area contributed by atoms with Crippen LogP contribution in [0.5, 0.6) is 0 Å². The van der Waals surface area contributed by atoms with Gasteiger partial charge in [-0.25, -0.2) is 14.6 Å². The number of carbonyl (C=O) groups is 2. The van der Waals surface area contributed by atoms with Crippen molar-refractivity contribution >= 4 is 28.7 Å². The molecule has 0 saturated carbocycles. The zero-order valence-electron chi connectivity index (χ0n) is 18.6. The lowest BCUT2D eigenvalue weighted by molar-refractivity contribution is -0.141. The number of alkyl halides is 3. The highest BCUT2D eigenvalue weighted by Gasteiger charge is 2.33. The molecule has 0 aliphatic carbocycles. The minimum atomic E-state index is -4.53. The predicted molar refractivity (Wildman–Crippen MR) is 117 cm³/mol. The molecule has 11 nitrogen and oxygen atoms in total. The molecule has 1 saturated heterocycles. The van der Waals surface area contributed by atoms with Gasteiger partial charge in [0.2, 0.25) is 11.8 Å². The molecule has 2 aromatic heterocycles. The number of nitrogens with zero attached hydrogens (tertiary/aromatic N) is 7. The summed E-state index contributed by atoms with van der Waals surface area (Å²) in [6, 6.07) is 4.88. The third kappa shape index (κ3) is 5.82. The van der Waals surface area contributed by atoms with Crippen molar-refractivity contribution < 1.29 is 27.5 Å². The van der Waals surface area contributed by atoms with E-state index in [2.05, 4.69) is 20.3 Å². The third-order valence-electron chi connectivity index (χ3n) is 5.59. The number of benzene rings is 1. The highest BCUT2D eigenvalue weighted by Crippen LogP contribution is 2.27. The van der Waals surface area contributed by atoms with Gasteiger partial charge in [-0.05, 0) is 18.2 Å². The van der Waals surface area contributed by atoms with E-state index in [1.165, 1.54) is 0 Å². The van der Waals surface area contributed by atoms with Crippen molar-refractivity contribution in [3.05, 3.63) is 41.9 Å².